The van der Waals surface area contributed by atoms with Gasteiger partial charge in [0.15, 0.2) is 5.78 Å². The number of hydrogen-bond acceptors (Lipinski definition) is 4. The Balaban J connectivity index is 4.07. The van der Waals surface area contributed by atoms with Crippen LogP contribution < -0.4 is 0 Å². The number of Topliss-reactive ketones (excluding diaryl/α,β-unsaturated/α-hetero) is 1. The predicted molar refractivity (Wildman–Crippen MR) is 160 cm³/mol. The third-order valence-corrected chi connectivity index (χ3v) is 8.09. The van der Waals surface area contributed by atoms with Crippen molar-refractivity contribution in [2.45, 2.75) is 168 Å². The SMILES string of the molecule is CCCCCCCCCCCCCC(=O)CN(CCS(=O)(=O)O)C(=O)CCCCCCCCCCCCC. The molecule has 6 nitrogen and oxygen atoms in total. The second-order valence-corrected chi connectivity index (χ2v) is 12.8. The first-order valence-electron chi connectivity index (χ1n) is 16.0. The van der Waals surface area contributed by atoms with Crippen molar-refractivity contribution in [1.82, 2.24) is 4.90 Å². The molecule has 0 aromatic heterocycles. The molecule has 0 aromatic rings. The third-order valence-electron chi connectivity index (χ3n) is 7.39. The Bertz CT molecular complexity index is 665. The Morgan fingerprint density at radius 2 is 0.895 bits per heavy atom. The molecule has 0 aromatic carbocycles. The van der Waals surface area contributed by atoms with E-state index >= 15 is 0 Å². The lowest BCUT2D eigenvalue weighted by Crippen LogP contribution is -2.38. The summed E-state index contributed by atoms with van der Waals surface area (Å²) in [6, 6.07) is 0. The number of nitrogens with zero attached hydrogens (tertiary/aromatic N) is 1. The first-order chi connectivity index (χ1) is 18.3. The lowest BCUT2D eigenvalue weighted by atomic mass is 10.0. The van der Waals surface area contributed by atoms with Crippen LogP contribution in [0.3, 0.4) is 0 Å². The average molecular weight is 560 g/mol. The third kappa shape index (κ3) is 26.6. The fourth-order valence-electron chi connectivity index (χ4n) is 4.89. The molecule has 0 heterocycles. The van der Waals surface area contributed by atoms with Crippen molar-refractivity contribution in [2.24, 2.45) is 0 Å². The lowest BCUT2D eigenvalue weighted by molar-refractivity contribution is -0.135. The Morgan fingerprint density at radius 3 is 1.26 bits per heavy atom. The Labute approximate surface area is 235 Å². The Morgan fingerprint density at radius 1 is 0.553 bits per heavy atom. The summed E-state index contributed by atoms with van der Waals surface area (Å²) >= 11 is 0. The van der Waals surface area contributed by atoms with Gasteiger partial charge in [0.1, 0.15) is 0 Å². The van der Waals surface area contributed by atoms with E-state index in [-0.39, 0.29) is 24.8 Å². The van der Waals surface area contributed by atoms with Gasteiger partial charge < -0.3 is 4.90 Å². The van der Waals surface area contributed by atoms with Gasteiger partial charge in [-0.25, -0.2) is 0 Å². The summed E-state index contributed by atoms with van der Waals surface area (Å²) in [6.07, 6.45) is 27.3. The van der Waals surface area contributed by atoms with Crippen LogP contribution in [0.2, 0.25) is 0 Å². The van der Waals surface area contributed by atoms with Crippen LogP contribution in [0.1, 0.15) is 168 Å². The summed E-state index contributed by atoms with van der Waals surface area (Å²) in [7, 11) is -4.18. The molecule has 0 fully saturated rings. The second kappa shape index (κ2) is 26.3. The summed E-state index contributed by atoms with van der Waals surface area (Å²) in [5, 5.41) is 0. The largest absolute Gasteiger partial charge is 0.334 e. The topological polar surface area (TPSA) is 91.8 Å². The van der Waals surface area contributed by atoms with Gasteiger partial charge in [-0.15, -0.1) is 0 Å². The molecule has 7 heteroatoms. The molecule has 1 amide bonds. The number of amides is 1. The number of carbonyl (C=O) groups is 2. The summed E-state index contributed by atoms with van der Waals surface area (Å²) < 4.78 is 31.6. The van der Waals surface area contributed by atoms with Crippen molar-refractivity contribution in [3.63, 3.8) is 0 Å². The molecule has 0 aliphatic rings. The molecular weight excluding hydrogens is 498 g/mol. The van der Waals surface area contributed by atoms with Crippen LogP contribution >= 0.6 is 0 Å². The maximum absolute atomic E-state index is 12.7. The molecule has 0 unspecified atom stereocenters. The zero-order valence-electron chi connectivity index (χ0n) is 25.0. The molecule has 0 aliphatic carbocycles. The number of unbranched alkanes of at least 4 members (excludes halogenated alkanes) is 20. The van der Waals surface area contributed by atoms with E-state index in [2.05, 4.69) is 13.8 Å². The first-order valence-corrected chi connectivity index (χ1v) is 17.7. The Hall–Kier alpha value is -0.950. The van der Waals surface area contributed by atoms with Crippen molar-refractivity contribution in [3.05, 3.63) is 0 Å². The zero-order chi connectivity index (χ0) is 28.3. The highest BCUT2D eigenvalue weighted by Gasteiger charge is 2.19. The fraction of sp³-hybridized carbons (Fsp3) is 0.935. The van der Waals surface area contributed by atoms with E-state index in [1.54, 1.807) is 0 Å². The maximum Gasteiger partial charge on any atom is 0.266 e. The van der Waals surface area contributed by atoms with Crippen LogP contribution in [0.15, 0.2) is 0 Å². The number of carbonyl (C=O) groups excluding carboxylic acids is 2. The minimum absolute atomic E-state index is 0.0245. The first kappa shape index (κ1) is 37.0. The van der Waals surface area contributed by atoms with E-state index in [1.165, 1.54) is 108 Å². The van der Waals surface area contributed by atoms with E-state index in [0.717, 1.165) is 38.5 Å². The van der Waals surface area contributed by atoms with Crippen LogP contribution in [0.5, 0.6) is 0 Å². The van der Waals surface area contributed by atoms with Gasteiger partial charge in [0.05, 0.1) is 12.3 Å². The van der Waals surface area contributed by atoms with Gasteiger partial charge in [0.2, 0.25) is 5.91 Å². The molecule has 226 valence electrons. The van der Waals surface area contributed by atoms with Crippen LogP contribution in [0.4, 0.5) is 0 Å². The molecule has 38 heavy (non-hydrogen) atoms. The van der Waals surface area contributed by atoms with E-state index in [4.69, 9.17) is 4.55 Å². The lowest BCUT2D eigenvalue weighted by Gasteiger charge is -2.21. The summed E-state index contributed by atoms with van der Waals surface area (Å²) in [5.74, 6) is -0.733. The monoisotopic (exact) mass is 559 g/mol. The van der Waals surface area contributed by atoms with E-state index in [1.807, 2.05) is 0 Å². The molecule has 0 radical (unpaired) electrons. The minimum Gasteiger partial charge on any atom is -0.334 e. The second-order valence-electron chi connectivity index (χ2n) is 11.2. The summed E-state index contributed by atoms with van der Waals surface area (Å²) in [4.78, 5) is 26.5. The average Bonchev–Trinajstić information content (AvgIpc) is 2.87. The molecule has 0 atom stereocenters. The zero-order valence-corrected chi connectivity index (χ0v) is 25.8. The van der Waals surface area contributed by atoms with Gasteiger partial charge in [-0.05, 0) is 12.8 Å². The fourth-order valence-corrected chi connectivity index (χ4v) is 5.35. The van der Waals surface area contributed by atoms with Crippen molar-refractivity contribution in [2.75, 3.05) is 18.8 Å². The van der Waals surface area contributed by atoms with E-state index < -0.39 is 15.9 Å². The molecule has 0 saturated carbocycles. The van der Waals surface area contributed by atoms with Gasteiger partial charge in [0.25, 0.3) is 10.1 Å². The quantitative estimate of drug-likeness (QED) is 0.0731. The van der Waals surface area contributed by atoms with Crippen molar-refractivity contribution >= 4 is 21.8 Å². The molecule has 0 bridgehead atoms. The molecule has 0 spiro atoms. The maximum atomic E-state index is 12.7. The van der Waals surface area contributed by atoms with Crippen LogP contribution in [0.25, 0.3) is 0 Å². The van der Waals surface area contributed by atoms with Gasteiger partial charge in [-0.3, -0.25) is 14.1 Å². The molecule has 0 saturated heterocycles. The highest BCUT2D eigenvalue weighted by molar-refractivity contribution is 7.85. The highest BCUT2D eigenvalue weighted by atomic mass is 32.2. The Kier molecular flexibility index (Phi) is 25.6. The minimum atomic E-state index is -4.18. The molecular formula is C31H61NO5S. The van der Waals surface area contributed by atoms with Crippen molar-refractivity contribution in [1.29, 1.82) is 0 Å². The smallest absolute Gasteiger partial charge is 0.266 e. The molecule has 0 aliphatic heterocycles. The van der Waals surface area contributed by atoms with Gasteiger partial charge in [-0.1, -0.05) is 142 Å². The van der Waals surface area contributed by atoms with Crippen LogP contribution in [-0.2, 0) is 19.7 Å². The molecule has 0 rings (SSSR count). The van der Waals surface area contributed by atoms with Crippen molar-refractivity contribution in [3.8, 4) is 0 Å². The summed E-state index contributed by atoms with van der Waals surface area (Å²) in [6.45, 7) is 4.29. The number of rotatable bonds is 29. The van der Waals surface area contributed by atoms with Gasteiger partial charge in [-0.2, -0.15) is 8.42 Å². The van der Waals surface area contributed by atoms with Crippen LogP contribution in [0, 0.1) is 0 Å². The van der Waals surface area contributed by atoms with E-state index in [0.29, 0.717) is 12.8 Å². The van der Waals surface area contributed by atoms with Gasteiger partial charge in [0, 0.05) is 19.4 Å². The molecule has 1 N–H and O–H groups in total. The van der Waals surface area contributed by atoms with Crippen molar-refractivity contribution < 1.29 is 22.6 Å². The highest BCUT2D eigenvalue weighted by Crippen LogP contribution is 2.14. The number of ketones is 1. The standard InChI is InChI=1S/C31H61NO5S/c1-3-5-7-9-11-13-15-17-19-21-23-25-30(33)29-32(27-28-38(35,36)37)31(34)26-24-22-20-18-16-14-12-10-8-6-4-2/h3-29H2,1-2H3,(H,35,36,37). The summed E-state index contributed by atoms with van der Waals surface area (Å²) in [5.41, 5.74) is 0. The van der Waals surface area contributed by atoms with Gasteiger partial charge >= 0.3 is 0 Å². The normalized spacial score (nSPS) is 11.7. The predicted octanol–water partition coefficient (Wildman–Crippen LogP) is 8.67. The van der Waals surface area contributed by atoms with Crippen LogP contribution in [-0.4, -0.2) is 48.4 Å². The number of hydrogen-bond donors (Lipinski definition) is 1. The van der Waals surface area contributed by atoms with E-state index in [9.17, 15) is 18.0 Å².